The molecule has 0 bridgehead atoms. The second-order valence-corrected chi connectivity index (χ2v) is 12.4. The summed E-state index contributed by atoms with van der Waals surface area (Å²) in [4.78, 5) is 0. The molecular weight excluding hydrogens is 427 g/mol. The van der Waals surface area contributed by atoms with Gasteiger partial charge in [0.05, 0.1) is 12.2 Å². The molecule has 0 heterocycles. The van der Waals surface area contributed by atoms with Crippen LogP contribution in [0.4, 0.5) is 0 Å². The SMILES string of the molecule is C[C@H](CCO)[C@H]1CC[C@H]2[C@@H]3[C@@H](OS(=O)(=O)[O-])C[C@@H]4C[C@H](O)CC[C@]4(C)[C@H]3CC[C@]12C.[Na+]. The van der Waals surface area contributed by atoms with E-state index in [1.54, 1.807) is 0 Å². The Morgan fingerprint density at radius 1 is 1.06 bits per heavy atom. The van der Waals surface area contributed by atoms with Crippen LogP contribution in [-0.2, 0) is 14.6 Å². The fraction of sp³-hybridized carbons (Fsp3) is 1.00. The van der Waals surface area contributed by atoms with Crippen LogP contribution in [0.25, 0.3) is 0 Å². The Labute approximate surface area is 210 Å². The van der Waals surface area contributed by atoms with Gasteiger partial charge < -0.3 is 14.8 Å². The molecule has 0 saturated heterocycles. The molecule has 0 aliphatic heterocycles. The van der Waals surface area contributed by atoms with Crippen LogP contribution in [-0.4, -0.2) is 42.0 Å². The molecule has 174 valence electrons. The molecule has 4 rings (SSSR count). The summed E-state index contributed by atoms with van der Waals surface area (Å²) < 4.78 is 40.2. The molecule has 10 atom stereocenters. The largest absolute Gasteiger partial charge is 1.00 e. The predicted molar refractivity (Wildman–Crippen MR) is 112 cm³/mol. The Bertz CT molecular complexity index is 746. The monoisotopic (exact) mass is 466 g/mol. The third-order valence-electron chi connectivity index (χ3n) is 10.2. The van der Waals surface area contributed by atoms with Crippen LogP contribution >= 0.6 is 0 Å². The summed E-state index contributed by atoms with van der Waals surface area (Å²) in [5.74, 6) is 1.90. The van der Waals surface area contributed by atoms with Crippen molar-refractivity contribution in [2.24, 2.45) is 46.3 Å². The van der Waals surface area contributed by atoms with Gasteiger partial charge in [0.25, 0.3) is 0 Å². The van der Waals surface area contributed by atoms with Crippen molar-refractivity contribution >= 4 is 10.4 Å². The number of fused-ring (bicyclic) bond motifs is 5. The van der Waals surface area contributed by atoms with Crippen LogP contribution in [0.2, 0.25) is 0 Å². The molecule has 2 N–H and O–H groups in total. The predicted octanol–water partition coefficient (Wildman–Crippen LogP) is 0.484. The van der Waals surface area contributed by atoms with Crippen molar-refractivity contribution in [2.45, 2.75) is 90.8 Å². The molecule has 4 saturated carbocycles. The van der Waals surface area contributed by atoms with E-state index < -0.39 is 16.5 Å². The molecule has 0 aromatic rings. The maximum absolute atomic E-state index is 11.7. The summed E-state index contributed by atoms with van der Waals surface area (Å²) in [5.41, 5.74) is 0.175. The van der Waals surface area contributed by atoms with Gasteiger partial charge in [-0.05, 0) is 104 Å². The number of rotatable bonds is 5. The average Bonchev–Trinajstić information content (AvgIpc) is 2.99. The van der Waals surface area contributed by atoms with E-state index >= 15 is 0 Å². The van der Waals surface area contributed by atoms with Gasteiger partial charge in [-0.25, -0.2) is 8.42 Å². The third-order valence-corrected chi connectivity index (χ3v) is 10.7. The molecular formula is C23H39NaO6S. The molecule has 4 aliphatic rings. The van der Waals surface area contributed by atoms with E-state index in [0.29, 0.717) is 36.5 Å². The second kappa shape index (κ2) is 9.44. The van der Waals surface area contributed by atoms with E-state index in [-0.39, 0.29) is 64.9 Å². The van der Waals surface area contributed by atoms with Crippen LogP contribution in [0.15, 0.2) is 0 Å². The Morgan fingerprint density at radius 3 is 2.35 bits per heavy atom. The van der Waals surface area contributed by atoms with E-state index in [2.05, 4.69) is 20.8 Å². The molecule has 4 fully saturated rings. The summed E-state index contributed by atoms with van der Waals surface area (Å²) in [6, 6.07) is 0. The van der Waals surface area contributed by atoms with Crippen molar-refractivity contribution in [1.82, 2.24) is 0 Å². The standard InChI is InChI=1S/C23H40O6S.Na/c1-14(8-11-24)17-4-5-18-21-19(7-10-23(17,18)3)22(2)9-6-16(25)12-15(22)13-20(21)29-30(26,27)28;/h14-21,24-25H,4-13H2,1-3H3,(H,26,27,28);/q;+1/p-1/t14-,15+,16-,17-,18+,19+,20+,21+,22+,23-;/m1./s1. The molecule has 8 heteroatoms. The Morgan fingerprint density at radius 2 is 1.71 bits per heavy atom. The zero-order valence-corrected chi connectivity index (χ0v) is 22.4. The summed E-state index contributed by atoms with van der Waals surface area (Å²) in [6.07, 6.45) is 7.17. The van der Waals surface area contributed by atoms with E-state index in [9.17, 15) is 23.2 Å². The first-order valence-corrected chi connectivity index (χ1v) is 13.3. The minimum absolute atomic E-state index is 0. The van der Waals surface area contributed by atoms with Gasteiger partial charge in [-0.15, -0.1) is 0 Å². The van der Waals surface area contributed by atoms with Crippen molar-refractivity contribution in [1.29, 1.82) is 0 Å². The molecule has 0 unspecified atom stereocenters. The first kappa shape index (κ1) is 26.4. The summed E-state index contributed by atoms with van der Waals surface area (Å²) in [6.45, 7) is 7.14. The number of hydrogen-bond donors (Lipinski definition) is 2. The van der Waals surface area contributed by atoms with Crippen molar-refractivity contribution in [3.63, 3.8) is 0 Å². The first-order chi connectivity index (χ1) is 14.0. The molecule has 0 radical (unpaired) electrons. The normalized spacial score (nSPS) is 48.1. The van der Waals surface area contributed by atoms with Crippen molar-refractivity contribution in [3.8, 4) is 0 Å². The van der Waals surface area contributed by atoms with Gasteiger partial charge >= 0.3 is 29.6 Å². The van der Waals surface area contributed by atoms with Gasteiger partial charge in [0, 0.05) is 6.61 Å². The molecule has 31 heavy (non-hydrogen) atoms. The van der Waals surface area contributed by atoms with Crippen LogP contribution in [0, 0.1) is 46.3 Å². The Kier molecular flexibility index (Phi) is 8.04. The van der Waals surface area contributed by atoms with Crippen LogP contribution in [0.1, 0.15) is 78.6 Å². The van der Waals surface area contributed by atoms with E-state index in [1.807, 2.05) is 0 Å². The minimum atomic E-state index is -4.78. The maximum Gasteiger partial charge on any atom is 1.00 e. The van der Waals surface area contributed by atoms with Gasteiger partial charge in [-0.3, -0.25) is 4.18 Å². The molecule has 6 nitrogen and oxygen atoms in total. The van der Waals surface area contributed by atoms with Gasteiger partial charge in [-0.2, -0.15) is 0 Å². The molecule has 0 spiro atoms. The minimum Gasteiger partial charge on any atom is -0.726 e. The summed E-state index contributed by atoms with van der Waals surface area (Å²) in [7, 11) is -4.78. The van der Waals surface area contributed by atoms with Crippen molar-refractivity contribution in [3.05, 3.63) is 0 Å². The fourth-order valence-corrected chi connectivity index (χ4v) is 9.32. The number of aliphatic hydroxyl groups excluding tert-OH is 2. The zero-order valence-electron chi connectivity index (χ0n) is 19.6. The van der Waals surface area contributed by atoms with Crippen molar-refractivity contribution in [2.75, 3.05) is 6.61 Å². The van der Waals surface area contributed by atoms with Crippen LogP contribution in [0.3, 0.4) is 0 Å². The molecule has 0 amide bonds. The maximum atomic E-state index is 11.7. The van der Waals surface area contributed by atoms with E-state index in [0.717, 1.165) is 44.9 Å². The smallest absolute Gasteiger partial charge is 0.726 e. The van der Waals surface area contributed by atoms with Crippen LogP contribution in [0.5, 0.6) is 0 Å². The van der Waals surface area contributed by atoms with Gasteiger partial charge in [0.1, 0.15) is 0 Å². The second-order valence-electron chi connectivity index (χ2n) is 11.4. The Hall–Kier alpha value is 0.790. The summed E-state index contributed by atoms with van der Waals surface area (Å²) >= 11 is 0. The summed E-state index contributed by atoms with van der Waals surface area (Å²) in [5, 5.41) is 19.8. The third kappa shape index (κ3) is 4.69. The molecule has 0 aromatic carbocycles. The van der Waals surface area contributed by atoms with Gasteiger partial charge in [-0.1, -0.05) is 20.8 Å². The zero-order chi connectivity index (χ0) is 21.9. The topological polar surface area (TPSA) is 107 Å². The average molecular weight is 467 g/mol. The van der Waals surface area contributed by atoms with E-state index in [4.69, 9.17) is 4.18 Å². The Balaban J connectivity index is 0.00000272. The molecule has 4 aliphatic carbocycles. The molecule has 0 aromatic heterocycles. The van der Waals surface area contributed by atoms with E-state index in [1.165, 1.54) is 0 Å². The van der Waals surface area contributed by atoms with Gasteiger partial charge in [0.15, 0.2) is 0 Å². The van der Waals surface area contributed by atoms with Crippen LogP contribution < -0.4 is 29.6 Å². The fourth-order valence-electron chi connectivity index (χ4n) is 8.81. The van der Waals surface area contributed by atoms with Gasteiger partial charge in [0.2, 0.25) is 10.4 Å². The number of hydrogen-bond acceptors (Lipinski definition) is 6. The quantitative estimate of drug-likeness (QED) is 0.347. The first-order valence-electron chi connectivity index (χ1n) is 11.9. The van der Waals surface area contributed by atoms with Crippen molar-refractivity contribution < 1.29 is 56.9 Å². The number of aliphatic hydroxyl groups is 2.